The van der Waals surface area contributed by atoms with Crippen LogP contribution in [-0.4, -0.2) is 55.4 Å². The fraction of sp³-hybridized carbons (Fsp3) is 1.00. The van der Waals surface area contributed by atoms with E-state index in [1.165, 1.54) is 4.31 Å². The highest BCUT2D eigenvalue weighted by Crippen LogP contribution is 2.22. The van der Waals surface area contributed by atoms with Gasteiger partial charge in [-0.15, -0.1) is 0 Å². The molecule has 0 radical (unpaired) electrons. The summed E-state index contributed by atoms with van der Waals surface area (Å²) >= 11 is 0. The molecule has 0 bridgehead atoms. The largest absolute Gasteiger partial charge is 0.396 e. The van der Waals surface area contributed by atoms with Gasteiger partial charge >= 0.3 is 0 Å². The first-order valence-electron chi connectivity index (χ1n) is 5.23. The van der Waals surface area contributed by atoms with E-state index >= 15 is 0 Å². The first-order valence-corrected chi connectivity index (χ1v) is 6.67. The van der Waals surface area contributed by atoms with Crippen molar-refractivity contribution in [2.75, 3.05) is 32.8 Å². The molecule has 1 fully saturated rings. The minimum Gasteiger partial charge on any atom is -0.396 e. The molecule has 90 valence electrons. The smallest absolute Gasteiger partial charge is 0.220 e. The fourth-order valence-corrected chi connectivity index (χ4v) is 3.32. The van der Waals surface area contributed by atoms with E-state index < -0.39 is 14.8 Å². The van der Waals surface area contributed by atoms with Crippen LogP contribution in [0.3, 0.4) is 0 Å². The van der Waals surface area contributed by atoms with Crippen molar-refractivity contribution in [3.63, 3.8) is 0 Å². The first-order chi connectivity index (χ1) is 6.92. The zero-order valence-electron chi connectivity index (χ0n) is 9.36. The zero-order chi connectivity index (χ0) is 11.5. The Balaban J connectivity index is 2.85. The molecular weight excluding hydrogens is 216 g/mol. The molecule has 0 spiro atoms. The number of nitrogens with zero attached hydrogens (tertiary/aromatic N) is 1. The minimum atomic E-state index is -3.25. The molecular formula is C9H20N2O3S. The molecule has 0 atom stereocenters. The summed E-state index contributed by atoms with van der Waals surface area (Å²) in [5.41, 5.74) is 0. The number of aliphatic hydroxyl groups is 1. The molecule has 0 amide bonds. The van der Waals surface area contributed by atoms with Crippen molar-refractivity contribution < 1.29 is 13.5 Å². The fourth-order valence-electron chi connectivity index (χ4n) is 1.63. The Morgan fingerprint density at radius 3 is 2.73 bits per heavy atom. The highest BCUT2D eigenvalue weighted by molar-refractivity contribution is 7.90. The normalized spacial score (nSPS) is 26.1. The van der Waals surface area contributed by atoms with Crippen molar-refractivity contribution >= 4 is 10.0 Å². The summed E-state index contributed by atoms with van der Waals surface area (Å²) in [7, 11) is -3.25. The lowest BCUT2D eigenvalue weighted by atomic mass is 10.2. The van der Waals surface area contributed by atoms with Gasteiger partial charge in [-0.25, -0.2) is 12.7 Å². The van der Waals surface area contributed by atoms with Crippen molar-refractivity contribution in [2.24, 2.45) is 0 Å². The summed E-state index contributed by atoms with van der Waals surface area (Å²) in [4.78, 5) is 0. The number of sulfonamides is 1. The van der Waals surface area contributed by atoms with Gasteiger partial charge < -0.3 is 10.4 Å². The molecule has 0 aromatic heterocycles. The van der Waals surface area contributed by atoms with Gasteiger partial charge in [0.2, 0.25) is 10.0 Å². The van der Waals surface area contributed by atoms with Gasteiger partial charge in [0.05, 0.1) is 4.75 Å². The number of rotatable bonds is 3. The predicted octanol–water partition coefficient (Wildman–Crippen LogP) is -0.618. The molecule has 0 aromatic rings. The lowest BCUT2D eigenvalue weighted by molar-refractivity contribution is 0.269. The van der Waals surface area contributed by atoms with Crippen LogP contribution in [-0.2, 0) is 10.0 Å². The standard InChI is InChI=1S/C9H20N2O3S/c1-9(2)8-10-4-6-11(5-3-7-12)15(9,13)14/h10,12H,3-8H2,1-2H3. The average molecular weight is 236 g/mol. The number of hydrogen-bond donors (Lipinski definition) is 2. The molecule has 1 aliphatic heterocycles. The summed E-state index contributed by atoms with van der Waals surface area (Å²) in [5.74, 6) is 0. The van der Waals surface area contributed by atoms with Gasteiger partial charge in [0.15, 0.2) is 0 Å². The summed E-state index contributed by atoms with van der Waals surface area (Å²) in [6.07, 6.45) is 0.495. The third-order valence-electron chi connectivity index (χ3n) is 2.69. The van der Waals surface area contributed by atoms with Gasteiger partial charge in [0.25, 0.3) is 0 Å². The Bertz CT molecular complexity index is 300. The second kappa shape index (κ2) is 4.78. The third-order valence-corrected chi connectivity index (χ3v) is 5.28. The summed E-state index contributed by atoms with van der Waals surface area (Å²) in [6.45, 7) is 5.54. The van der Waals surface area contributed by atoms with E-state index in [1.807, 2.05) is 0 Å². The van der Waals surface area contributed by atoms with Crippen LogP contribution in [0.25, 0.3) is 0 Å². The van der Waals surface area contributed by atoms with E-state index in [4.69, 9.17) is 5.11 Å². The van der Waals surface area contributed by atoms with E-state index in [9.17, 15) is 8.42 Å². The Kier molecular flexibility index (Phi) is 4.11. The van der Waals surface area contributed by atoms with Crippen molar-refractivity contribution in [1.82, 2.24) is 9.62 Å². The van der Waals surface area contributed by atoms with Crippen LogP contribution in [0.4, 0.5) is 0 Å². The maximum atomic E-state index is 12.2. The first kappa shape index (κ1) is 12.9. The Morgan fingerprint density at radius 2 is 2.13 bits per heavy atom. The average Bonchev–Trinajstić information content (AvgIpc) is 2.23. The summed E-state index contributed by atoms with van der Waals surface area (Å²) in [6, 6.07) is 0. The Labute approximate surface area is 91.5 Å². The number of aliphatic hydroxyl groups excluding tert-OH is 1. The van der Waals surface area contributed by atoms with Gasteiger partial charge in [-0.1, -0.05) is 0 Å². The van der Waals surface area contributed by atoms with Crippen molar-refractivity contribution in [3.8, 4) is 0 Å². The van der Waals surface area contributed by atoms with Crippen molar-refractivity contribution in [1.29, 1.82) is 0 Å². The van der Waals surface area contributed by atoms with Crippen LogP contribution in [0.2, 0.25) is 0 Å². The Morgan fingerprint density at radius 1 is 1.47 bits per heavy atom. The molecule has 1 rings (SSSR count). The number of hydrogen-bond acceptors (Lipinski definition) is 4. The molecule has 0 aromatic carbocycles. The molecule has 2 N–H and O–H groups in total. The Hall–Kier alpha value is -0.170. The maximum absolute atomic E-state index is 12.2. The van der Waals surface area contributed by atoms with E-state index in [1.54, 1.807) is 13.8 Å². The second-order valence-corrected chi connectivity index (χ2v) is 6.99. The zero-order valence-corrected chi connectivity index (χ0v) is 10.2. The summed E-state index contributed by atoms with van der Waals surface area (Å²) in [5, 5.41) is 11.8. The van der Waals surface area contributed by atoms with Crippen molar-refractivity contribution in [2.45, 2.75) is 25.0 Å². The molecule has 15 heavy (non-hydrogen) atoms. The molecule has 1 heterocycles. The molecule has 1 saturated heterocycles. The van der Waals surface area contributed by atoms with Crippen LogP contribution in [0, 0.1) is 0 Å². The predicted molar refractivity (Wildman–Crippen MR) is 59.1 cm³/mol. The van der Waals surface area contributed by atoms with Crippen molar-refractivity contribution in [3.05, 3.63) is 0 Å². The maximum Gasteiger partial charge on any atom is 0.220 e. The van der Waals surface area contributed by atoms with Crippen LogP contribution in [0.1, 0.15) is 20.3 Å². The topological polar surface area (TPSA) is 69.6 Å². The SMILES string of the molecule is CC1(C)CNCCN(CCCO)S1(=O)=O. The van der Waals surface area contributed by atoms with Gasteiger partial charge in [0.1, 0.15) is 0 Å². The monoisotopic (exact) mass is 236 g/mol. The number of nitrogens with one attached hydrogen (secondary N) is 1. The van der Waals surface area contributed by atoms with Crippen LogP contribution in [0.15, 0.2) is 0 Å². The van der Waals surface area contributed by atoms with Crippen LogP contribution < -0.4 is 5.32 Å². The van der Waals surface area contributed by atoms with Gasteiger partial charge in [-0.05, 0) is 20.3 Å². The van der Waals surface area contributed by atoms with Gasteiger partial charge in [0, 0.05) is 32.8 Å². The quantitative estimate of drug-likeness (QED) is 0.685. The van der Waals surface area contributed by atoms with Gasteiger partial charge in [-0.3, -0.25) is 0 Å². The molecule has 0 aliphatic carbocycles. The van der Waals surface area contributed by atoms with Gasteiger partial charge in [-0.2, -0.15) is 0 Å². The van der Waals surface area contributed by atoms with E-state index in [0.717, 1.165) is 0 Å². The summed E-state index contributed by atoms with van der Waals surface area (Å²) < 4.78 is 25.0. The molecule has 1 aliphatic rings. The lowest BCUT2D eigenvalue weighted by Crippen LogP contribution is -2.46. The minimum absolute atomic E-state index is 0.0277. The van der Waals surface area contributed by atoms with Crippen LogP contribution >= 0.6 is 0 Å². The second-order valence-electron chi connectivity index (χ2n) is 4.42. The van der Waals surface area contributed by atoms with E-state index in [0.29, 0.717) is 32.6 Å². The highest BCUT2D eigenvalue weighted by atomic mass is 32.2. The molecule has 5 nitrogen and oxygen atoms in total. The lowest BCUT2D eigenvalue weighted by Gasteiger charge is -2.28. The third kappa shape index (κ3) is 2.69. The van der Waals surface area contributed by atoms with E-state index in [-0.39, 0.29) is 6.61 Å². The highest BCUT2D eigenvalue weighted by Gasteiger charge is 2.40. The molecule has 6 heteroatoms. The molecule has 0 unspecified atom stereocenters. The van der Waals surface area contributed by atoms with Crippen LogP contribution in [0.5, 0.6) is 0 Å². The van der Waals surface area contributed by atoms with E-state index in [2.05, 4.69) is 5.32 Å². The molecule has 0 saturated carbocycles.